The smallest absolute Gasteiger partial charge is 0.0634 e. The second-order valence-electron chi connectivity index (χ2n) is 4.61. The maximum absolute atomic E-state index is 9.46. The lowest BCUT2D eigenvalue weighted by atomic mass is 10.0. The second-order valence-corrected chi connectivity index (χ2v) is 5.40. The Morgan fingerprint density at radius 1 is 1.15 bits per heavy atom. The standard InChI is InChI=1S/C10H21BrO2/c1-9(2,12)6-8-13-10(3,4)5-7-11/h12H,5-8H2,1-4H3. The van der Waals surface area contributed by atoms with Gasteiger partial charge in [0.1, 0.15) is 0 Å². The zero-order valence-electron chi connectivity index (χ0n) is 9.06. The van der Waals surface area contributed by atoms with Crippen molar-refractivity contribution in [1.82, 2.24) is 0 Å². The molecule has 0 spiro atoms. The van der Waals surface area contributed by atoms with Crippen LogP contribution in [0.15, 0.2) is 0 Å². The Morgan fingerprint density at radius 3 is 2.08 bits per heavy atom. The Bertz CT molecular complexity index is 138. The highest BCUT2D eigenvalue weighted by molar-refractivity contribution is 9.09. The predicted molar refractivity (Wildman–Crippen MR) is 59.4 cm³/mol. The Morgan fingerprint density at radius 2 is 1.69 bits per heavy atom. The van der Waals surface area contributed by atoms with Gasteiger partial charge in [-0.15, -0.1) is 0 Å². The summed E-state index contributed by atoms with van der Waals surface area (Å²) < 4.78 is 5.66. The van der Waals surface area contributed by atoms with E-state index in [0.717, 1.165) is 11.8 Å². The maximum atomic E-state index is 9.46. The molecule has 0 heterocycles. The minimum absolute atomic E-state index is 0.0885. The fourth-order valence-corrected chi connectivity index (χ4v) is 1.83. The molecule has 0 aromatic heterocycles. The minimum atomic E-state index is -0.621. The highest BCUT2D eigenvalue weighted by atomic mass is 79.9. The van der Waals surface area contributed by atoms with Crippen molar-refractivity contribution < 1.29 is 9.84 Å². The lowest BCUT2D eigenvalue weighted by Crippen LogP contribution is -2.29. The average molecular weight is 253 g/mol. The molecule has 0 aromatic carbocycles. The molecule has 0 aliphatic carbocycles. The highest BCUT2D eigenvalue weighted by Crippen LogP contribution is 2.17. The van der Waals surface area contributed by atoms with Crippen LogP contribution in [0.4, 0.5) is 0 Å². The zero-order valence-corrected chi connectivity index (χ0v) is 10.6. The van der Waals surface area contributed by atoms with Gasteiger partial charge < -0.3 is 9.84 Å². The van der Waals surface area contributed by atoms with Crippen LogP contribution in [0.3, 0.4) is 0 Å². The predicted octanol–water partition coefficient (Wildman–Crippen LogP) is 2.73. The van der Waals surface area contributed by atoms with Gasteiger partial charge in [0.25, 0.3) is 0 Å². The fraction of sp³-hybridized carbons (Fsp3) is 1.00. The Hall–Kier alpha value is 0.400. The van der Waals surface area contributed by atoms with Gasteiger partial charge in [0.05, 0.1) is 17.8 Å². The third kappa shape index (κ3) is 8.72. The molecule has 80 valence electrons. The van der Waals surface area contributed by atoms with E-state index in [1.165, 1.54) is 0 Å². The number of ether oxygens (including phenoxy) is 1. The van der Waals surface area contributed by atoms with Gasteiger partial charge in [0, 0.05) is 5.33 Å². The van der Waals surface area contributed by atoms with Gasteiger partial charge in [-0.3, -0.25) is 0 Å². The molecule has 3 heteroatoms. The van der Waals surface area contributed by atoms with E-state index in [2.05, 4.69) is 29.8 Å². The van der Waals surface area contributed by atoms with Crippen molar-refractivity contribution in [2.75, 3.05) is 11.9 Å². The van der Waals surface area contributed by atoms with Gasteiger partial charge in [-0.1, -0.05) is 15.9 Å². The molecule has 0 rings (SSSR count). The summed E-state index contributed by atoms with van der Waals surface area (Å²) >= 11 is 3.39. The van der Waals surface area contributed by atoms with Crippen LogP contribution >= 0.6 is 15.9 Å². The molecule has 0 amide bonds. The van der Waals surface area contributed by atoms with E-state index in [1.807, 2.05) is 0 Å². The van der Waals surface area contributed by atoms with Crippen LogP contribution < -0.4 is 0 Å². The normalized spacial score (nSPS) is 13.4. The minimum Gasteiger partial charge on any atom is -0.390 e. The molecule has 1 N–H and O–H groups in total. The summed E-state index contributed by atoms with van der Waals surface area (Å²) in [6.45, 7) is 8.35. The van der Waals surface area contributed by atoms with Crippen molar-refractivity contribution in [2.45, 2.75) is 51.7 Å². The highest BCUT2D eigenvalue weighted by Gasteiger charge is 2.19. The third-order valence-corrected chi connectivity index (χ3v) is 2.30. The lowest BCUT2D eigenvalue weighted by Gasteiger charge is -2.26. The summed E-state index contributed by atoms with van der Waals surface area (Å²) in [5.74, 6) is 0. The van der Waals surface area contributed by atoms with Crippen LogP contribution in [0.2, 0.25) is 0 Å². The average Bonchev–Trinajstić information content (AvgIpc) is 1.82. The zero-order chi connectivity index (χ0) is 10.5. The van der Waals surface area contributed by atoms with Gasteiger partial charge >= 0.3 is 0 Å². The molecule has 13 heavy (non-hydrogen) atoms. The molecule has 0 aromatic rings. The molecule has 0 radical (unpaired) electrons. The summed E-state index contributed by atoms with van der Waals surface area (Å²) in [5, 5.41) is 10.4. The number of alkyl halides is 1. The molecular weight excluding hydrogens is 232 g/mol. The van der Waals surface area contributed by atoms with E-state index in [0.29, 0.717) is 13.0 Å². The van der Waals surface area contributed by atoms with Crippen molar-refractivity contribution in [2.24, 2.45) is 0 Å². The Kier molecular flexibility index (Phi) is 5.49. The van der Waals surface area contributed by atoms with Crippen LogP contribution in [-0.4, -0.2) is 28.2 Å². The van der Waals surface area contributed by atoms with E-state index in [9.17, 15) is 5.11 Å². The lowest BCUT2D eigenvalue weighted by molar-refractivity contribution is -0.0467. The van der Waals surface area contributed by atoms with Gasteiger partial charge in [0.15, 0.2) is 0 Å². The largest absolute Gasteiger partial charge is 0.390 e. The molecule has 2 nitrogen and oxygen atoms in total. The van der Waals surface area contributed by atoms with E-state index < -0.39 is 5.60 Å². The SMILES string of the molecule is CC(C)(O)CCOC(C)(C)CCBr. The Balaban J connectivity index is 3.63. The van der Waals surface area contributed by atoms with Crippen molar-refractivity contribution >= 4 is 15.9 Å². The number of halogens is 1. The van der Waals surface area contributed by atoms with Crippen molar-refractivity contribution in [3.8, 4) is 0 Å². The number of hydrogen-bond donors (Lipinski definition) is 1. The fourth-order valence-electron chi connectivity index (χ4n) is 0.877. The summed E-state index contributed by atoms with van der Waals surface area (Å²) in [4.78, 5) is 0. The summed E-state index contributed by atoms with van der Waals surface area (Å²) in [5.41, 5.74) is -0.709. The van der Waals surface area contributed by atoms with Gasteiger partial charge in [-0.05, 0) is 40.5 Å². The number of aliphatic hydroxyl groups is 1. The quantitative estimate of drug-likeness (QED) is 0.737. The molecular formula is C10H21BrO2. The van der Waals surface area contributed by atoms with E-state index in [1.54, 1.807) is 13.8 Å². The molecule has 0 unspecified atom stereocenters. The molecule has 0 aliphatic rings. The topological polar surface area (TPSA) is 29.5 Å². The molecule has 0 bridgehead atoms. The first-order valence-electron chi connectivity index (χ1n) is 4.69. The van der Waals surface area contributed by atoms with Crippen LogP contribution in [0.25, 0.3) is 0 Å². The molecule has 0 fully saturated rings. The van der Waals surface area contributed by atoms with E-state index in [4.69, 9.17) is 4.74 Å². The van der Waals surface area contributed by atoms with Crippen molar-refractivity contribution in [1.29, 1.82) is 0 Å². The number of rotatable bonds is 6. The van der Waals surface area contributed by atoms with Crippen molar-refractivity contribution in [3.05, 3.63) is 0 Å². The monoisotopic (exact) mass is 252 g/mol. The molecule has 0 saturated carbocycles. The Labute approximate surface area is 89.8 Å². The van der Waals surface area contributed by atoms with Crippen LogP contribution in [0.5, 0.6) is 0 Å². The van der Waals surface area contributed by atoms with Crippen LogP contribution in [0, 0.1) is 0 Å². The van der Waals surface area contributed by atoms with Gasteiger partial charge in [-0.2, -0.15) is 0 Å². The summed E-state index contributed by atoms with van der Waals surface area (Å²) in [7, 11) is 0. The first-order chi connectivity index (χ1) is 5.77. The molecule has 0 aliphatic heterocycles. The van der Waals surface area contributed by atoms with Gasteiger partial charge in [-0.25, -0.2) is 0 Å². The number of hydrogen-bond acceptors (Lipinski definition) is 2. The second kappa shape index (κ2) is 5.32. The first-order valence-corrected chi connectivity index (χ1v) is 5.81. The van der Waals surface area contributed by atoms with Crippen molar-refractivity contribution in [3.63, 3.8) is 0 Å². The summed E-state index contributed by atoms with van der Waals surface area (Å²) in [6.07, 6.45) is 1.66. The van der Waals surface area contributed by atoms with Gasteiger partial charge in [0.2, 0.25) is 0 Å². The molecule has 0 atom stereocenters. The van der Waals surface area contributed by atoms with Crippen LogP contribution in [-0.2, 0) is 4.74 Å². The third-order valence-electron chi connectivity index (χ3n) is 1.90. The van der Waals surface area contributed by atoms with Crippen LogP contribution in [0.1, 0.15) is 40.5 Å². The van der Waals surface area contributed by atoms with E-state index in [-0.39, 0.29) is 5.60 Å². The van der Waals surface area contributed by atoms with E-state index >= 15 is 0 Å². The summed E-state index contributed by atoms with van der Waals surface area (Å²) in [6, 6.07) is 0. The first kappa shape index (κ1) is 13.4. The maximum Gasteiger partial charge on any atom is 0.0634 e. The molecule has 0 saturated heterocycles.